The summed E-state index contributed by atoms with van der Waals surface area (Å²) in [6, 6.07) is 1.51. The largest absolute Gasteiger partial charge is 0.356 e. The molecule has 1 saturated heterocycles. The Bertz CT molecular complexity index is 515. The summed E-state index contributed by atoms with van der Waals surface area (Å²) in [6.45, 7) is 3.40. The number of rotatable bonds is 5. The molecule has 2 N–H and O–H groups in total. The first-order chi connectivity index (χ1) is 9.58. The van der Waals surface area contributed by atoms with Crippen molar-refractivity contribution >= 4 is 17.6 Å². The third-order valence-corrected chi connectivity index (χ3v) is 3.42. The van der Waals surface area contributed by atoms with Crippen LogP contribution in [-0.2, 0) is 4.79 Å². The van der Waals surface area contributed by atoms with E-state index < -0.39 is 0 Å². The molecule has 0 unspecified atom stereocenters. The highest BCUT2D eigenvalue weighted by atomic mass is 16.2. The number of H-pyrrole nitrogens is 1. The van der Waals surface area contributed by atoms with Crippen molar-refractivity contribution in [2.45, 2.75) is 26.2 Å². The number of hydrogen-bond acceptors (Lipinski definition) is 3. The number of likely N-dealkylation sites (tertiary alicyclic amines) is 1. The molecule has 0 aromatic carbocycles. The number of carbonyl (C=O) groups is 3. The molecule has 2 rings (SSSR count). The third kappa shape index (κ3) is 3.46. The molecule has 0 spiro atoms. The molecule has 0 atom stereocenters. The number of ketones is 1. The number of carbonyl (C=O) groups excluding carboxylic acids is 3. The Morgan fingerprint density at radius 3 is 2.60 bits per heavy atom. The summed E-state index contributed by atoms with van der Waals surface area (Å²) in [5, 5.41) is 2.68. The standard InChI is InChI=1S/C14H19N3O3/c1-10(18)11-8-12(16-9-11)14(20)15-5-4-13(19)17-6-2-3-7-17/h8-9,16H,2-7H2,1H3,(H,15,20). The maximum Gasteiger partial charge on any atom is 0.267 e. The van der Waals surface area contributed by atoms with E-state index in [2.05, 4.69) is 10.3 Å². The van der Waals surface area contributed by atoms with Crippen LogP contribution in [0.15, 0.2) is 12.3 Å². The molecule has 0 saturated carbocycles. The second kappa shape index (κ2) is 6.36. The molecule has 1 aliphatic heterocycles. The fourth-order valence-corrected chi connectivity index (χ4v) is 2.23. The normalized spacial score (nSPS) is 14.3. The lowest BCUT2D eigenvalue weighted by Crippen LogP contribution is -2.32. The molecular formula is C14H19N3O3. The SMILES string of the molecule is CC(=O)c1c[nH]c(C(=O)NCCC(=O)N2CCCC2)c1. The first-order valence-corrected chi connectivity index (χ1v) is 6.83. The second-order valence-corrected chi connectivity index (χ2v) is 4.95. The van der Waals surface area contributed by atoms with Gasteiger partial charge >= 0.3 is 0 Å². The Labute approximate surface area is 117 Å². The van der Waals surface area contributed by atoms with Crippen molar-refractivity contribution in [1.82, 2.24) is 15.2 Å². The van der Waals surface area contributed by atoms with Crippen LogP contribution in [0.4, 0.5) is 0 Å². The van der Waals surface area contributed by atoms with Crippen molar-refractivity contribution in [3.05, 3.63) is 23.5 Å². The first kappa shape index (κ1) is 14.3. The molecular weight excluding hydrogens is 258 g/mol. The van der Waals surface area contributed by atoms with Crippen LogP contribution in [-0.4, -0.2) is 47.1 Å². The fourth-order valence-electron chi connectivity index (χ4n) is 2.23. The van der Waals surface area contributed by atoms with Crippen molar-refractivity contribution in [1.29, 1.82) is 0 Å². The van der Waals surface area contributed by atoms with Gasteiger partial charge in [-0.25, -0.2) is 0 Å². The topological polar surface area (TPSA) is 82.3 Å². The van der Waals surface area contributed by atoms with Gasteiger partial charge in [-0.15, -0.1) is 0 Å². The Morgan fingerprint density at radius 1 is 1.30 bits per heavy atom. The van der Waals surface area contributed by atoms with Gasteiger partial charge in [-0.2, -0.15) is 0 Å². The summed E-state index contributed by atoms with van der Waals surface area (Å²) in [6.07, 6.45) is 3.95. The number of aromatic nitrogens is 1. The summed E-state index contributed by atoms with van der Waals surface area (Å²) in [4.78, 5) is 39.3. The van der Waals surface area contributed by atoms with E-state index in [1.54, 1.807) is 0 Å². The van der Waals surface area contributed by atoms with Crippen LogP contribution in [0, 0.1) is 0 Å². The van der Waals surface area contributed by atoms with Gasteiger partial charge in [-0.05, 0) is 25.8 Å². The molecule has 2 amide bonds. The molecule has 0 bridgehead atoms. The van der Waals surface area contributed by atoms with Gasteiger partial charge in [0.05, 0.1) is 0 Å². The molecule has 6 nitrogen and oxygen atoms in total. The Kier molecular flexibility index (Phi) is 4.55. The molecule has 20 heavy (non-hydrogen) atoms. The van der Waals surface area contributed by atoms with Crippen LogP contribution in [0.5, 0.6) is 0 Å². The van der Waals surface area contributed by atoms with Gasteiger partial charge in [0.1, 0.15) is 5.69 Å². The molecule has 2 heterocycles. The number of Topliss-reactive ketones (excluding diaryl/α,β-unsaturated/α-hetero) is 1. The highest BCUT2D eigenvalue weighted by Gasteiger charge is 2.17. The van der Waals surface area contributed by atoms with E-state index in [0.717, 1.165) is 25.9 Å². The third-order valence-electron chi connectivity index (χ3n) is 3.42. The van der Waals surface area contributed by atoms with E-state index in [4.69, 9.17) is 0 Å². The minimum Gasteiger partial charge on any atom is -0.356 e. The lowest BCUT2D eigenvalue weighted by molar-refractivity contribution is -0.129. The Balaban J connectivity index is 1.76. The highest BCUT2D eigenvalue weighted by Crippen LogP contribution is 2.08. The Morgan fingerprint density at radius 2 is 2.00 bits per heavy atom. The predicted molar refractivity (Wildman–Crippen MR) is 73.6 cm³/mol. The zero-order valence-electron chi connectivity index (χ0n) is 11.6. The number of nitrogens with zero attached hydrogens (tertiary/aromatic N) is 1. The number of nitrogens with one attached hydrogen (secondary N) is 2. The lowest BCUT2D eigenvalue weighted by Gasteiger charge is -2.14. The molecule has 1 aromatic heterocycles. The summed E-state index contributed by atoms with van der Waals surface area (Å²) >= 11 is 0. The van der Waals surface area contributed by atoms with E-state index >= 15 is 0 Å². The van der Waals surface area contributed by atoms with Gasteiger partial charge in [-0.3, -0.25) is 14.4 Å². The van der Waals surface area contributed by atoms with E-state index in [0.29, 0.717) is 24.2 Å². The summed E-state index contributed by atoms with van der Waals surface area (Å²) in [7, 11) is 0. The van der Waals surface area contributed by atoms with E-state index in [-0.39, 0.29) is 17.6 Å². The maximum atomic E-state index is 11.8. The number of aromatic amines is 1. The van der Waals surface area contributed by atoms with Crippen molar-refractivity contribution in [2.24, 2.45) is 0 Å². The first-order valence-electron chi connectivity index (χ1n) is 6.83. The predicted octanol–water partition coefficient (Wildman–Crippen LogP) is 0.960. The smallest absolute Gasteiger partial charge is 0.267 e. The second-order valence-electron chi connectivity index (χ2n) is 4.95. The minimum absolute atomic E-state index is 0.0821. The Hall–Kier alpha value is -2.11. The van der Waals surface area contributed by atoms with E-state index in [1.165, 1.54) is 19.2 Å². The highest BCUT2D eigenvalue weighted by molar-refractivity contribution is 5.99. The molecule has 0 radical (unpaired) electrons. The van der Waals surface area contributed by atoms with Gasteiger partial charge in [0.25, 0.3) is 5.91 Å². The molecule has 0 aliphatic carbocycles. The molecule has 1 aliphatic rings. The average molecular weight is 277 g/mol. The summed E-state index contributed by atoms with van der Waals surface area (Å²) in [5.41, 5.74) is 0.812. The summed E-state index contributed by atoms with van der Waals surface area (Å²) < 4.78 is 0. The summed E-state index contributed by atoms with van der Waals surface area (Å²) in [5.74, 6) is -0.310. The quantitative estimate of drug-likeness (QED) is 0.786. The van der Waals surface area contributed by atoms with Gasteiger partial charge in [0.15, 0.2) is 5.78 Å². The van der Waals surface area contributed by atoms with Crippen molar-refractivity contribution in [2.75, 3.05) is 19.6 Å². The van der Waals surface area contributed by atoms with Crippen LogP contribution in [0.1, 0.15) is 47.0 Å². The van der Waals surface area contributed by atoms with Crippen LogP contribution in [0.3, 0.4) is 0 Å². The fraction of sp³-hybridized carbons (Fsp3) is 0.500. The molecule has 1 fully saturated rings. The zero-order valence-corrected chi connectivity index (χ0v) is 11.6. The van der Waals surface area contributed by atoms with Crippen LogP contribution in [0.2, 0.25) is 0 Å². The van der Waals surface area contributed by atoms with Crippen molar-refractivity contribution in [3.8, 4) is 0 Å². The van der Waals surface area contributed by atoms with Crippen LogP contribution < -0.4 is 5.32 Å². The number of hydrogen-bond donors (Lipinski definition) is 2. The van der Waals surface area contributed by atoms with Crippen molar-refractivity contribution in [3.63, 3.8) is 0 Å². The van der Waals surface area contributed by atoms with E-state index in [1.807, 2.05) is 4.90 Å². The molecule has 6 heteroatoms. The lowest BCUT2D eigenvalue weighted by atomic mass is 10.2. The van der Waals surface area contributed by atoms with Gasteiger partial charge in [0.2, 0.25) is 5.91 Å². The zero-order chi connectivity index (χ0) is 14.5. The van der Waals surface area contributed by atoms with Gasteiger partial charge in [0, 0.05) is 37.8 Å². The van der Waals surface area contributed by atoms with Crippen LogP contribution >= 0.6 is 0 Å². The van der Waals surface area contributed by atoms with Crippen LogP contribution in [0.25, 0.3) is 0 Å². The van der Waals surface area contributed by atoms with Crippen molar-refractivity contribution < 1.29 is 14.4 Å². The number of amides is 2. The monoisotopic (exact) mass is 277 g/mol. The maximum absolute atomic E-state index is 11.8. The average Bonchev–Trinajstić information content (AvgIpc) is 3.09. The van der Waals surface area contributed by atoms with E-state index in [9.17, 15) is 14.4 Å². The molecule has 108 valence electrons. The van der Waals surface area contributed by atoms with Gasteiger partial charge < -0.3 is 15.2 Å². The van der Waals surface area contributed by atoms with Gasteiger partial charge in [-0.1, -0.05) is 0 Å². The molecule has 1 aromatic rings. The minimum atomic E-state index is -0.299.